The number of halogens is 1. The van der Waals surface area contributed by atoms with E-state index in [-0.39, 0.29) is 0 Å². The van der Waals surface area contributed by atoms with Crippen LogP contribution in [0.4, 0.5) is 0 Å². The van der Waals surface area contributed by atoms with Crippen LogP contribution >= 0.6 is 15.9 Å². The Morgan fingerprint density at radius 3 is 2.68 bits per heavy atom. The molecular formula is C15H11BrN2O. The molecule has 3 rings (SSSR count). The summed E-state index contributed by atoms with van der Waals surface area (Å²) in [6.45, 7) is 0.552. The predicted molar refractivity (Wildman–Crippen MR) is 78.0 cm³/mol. The number of ether oxygens (including phenoxy) is 1. The van der Waals surface area contributed by atoms with Crippen molar-refractivity contribution < 1.29 is 4.74 Å². The molecule has 0 aliphatic heterocycles. The lowest BCUT2D eigenvalue weighted by Gasteiger charge is -2.07. The molecule has 4 heteroatoms. The number of benzene rings is 2. The van der Waals surface area contributed by atoms with E-state index < -0.39 is 0 Å². The fraction of sp³-hybridized carbons (Fsp3) is 0.0667. The molecule has 0 N–H and O–H groups in total. The van der Waals surface area contributed by atoms with Gasteiger partial charge in [-0.25, -0.2) is 4.98 Å². The molecule has 0 saturated carbocycles. The van der Waals surface area contributed by atoms with Crippen LogP contribution in [-0.4, -0.2) is 9.97 Å². The number of rotatable bonds is 3. The molecule has 1 aromatic heterocycles. The molecule has 0 fully saturated rings. The van der Waals surface area contributed by atoms with Crippen molar-refractivity contribution in [1.29, 1.82) is 0 Å². The third-order valence-corrected chi connectivity index (χ3v) is 3.11. The lowest BCUT2D eigenvalue weighted by Crippen LogP contribution is -1.95. The number of fused-ring (bicyclic) bond motifs is 1. The zero-order chi connectivity index (χ0) is 13.1. The number of hydrogen-bond acceptors (Lipinski definition) is 3. The Bertz CT molecular complexity index is 701. The Balaban J connectivity index is 1.80. The molecule has 0 amide bonds. The minimum Gasteiger partial charge on any atom is -0.489 e. The second-order valence-electron chi connectivity index (χ2n) is 4.12. The summed E-state index contributed by atoms with van der Waals surface area (Å²) in [7, 11) is 0. The number of hydrogen-bond donors (Lipinski definition) is 0. The summed E-state index contributed by atoms with van der Waals surface area (Å²) in [5.41, 5.74) is 2.82. The second-order valence-corrected chi connectivity index (χ2v) is 4.93. The smallest absolute Gasteiger partial charge is 0.125 e. The van der Waals surface area contributed by atoms with Gasteiger partial charge in [0, 0.05) is 6.07 Å². The molecule has 0 saturated heterocycles. The van der Waals surface area contributed by atoms with Crippen molar-refractivity contribution in [2.75, 3.05) is 0 Å². The van der Waals surface area contributed by atoms with Crippen molar-refractivity contribution in [3.63, 3.8) is 0 Å². The van der Waals surface area contributed by atoms with Crippen molar-refractivity contribution >= 4 is 27.0 Å². The van der Waals surface area contributed by atoms with Gasteiger partial charge in [0.2, 0.25) is 0 Å². The summed E-state index contributed by atoms with van der Waals surface area (Å²) in [5, 5.41) is 0. The topological polar surface area (TPSA) is 35.0 Å². The summed E-state index contributed by atoms with van der Waals surface area (Å²) in [4.78, 5) is 8.64. The Hall–Kier alpha value is -1.94. The Morgan fingerprint density at radius 1 is 1.00 bits per heavy atom. The highest BCUT2D eigenvalue weighted by Gasteiger charge is 2.01. The largest absolute Gasteiger partial charge is 0.489 e. The van der Waals surface area contributed by atoms with E-state index in [9.17, 15) is 0 Å². The minimum atomic E-state index is 0.552. The average molecular weight is 315 g/mol. The van der Waals surface area contributed by atoms with Gasteiger partial charge in [0.25, 0.3) is 0 Å². The first-order valence-electron chi connectivity index (χ1n) is 5.90. The van der Waals surface area contributed by atoms with Gasteiger partial charge < -0.3 is 4.74 Å². The fourth-order valence-electron chi connectivity index (χ4n) is 1.80. The molecule has 0 bridgehead atoms. The van der Waals surface area contributed by atoms with Crippen molar-refractivity contribution in [1.82, 2.24) is 9.97 Å². The van der Waals surface area contributed by atoms with Crippen LogP contribution in [0.5, 0.6) is 5.75 Å². The normalized spacial score (nSPS) is 10.6. The zero-order valence-electron chi connectivity index (χ0n) is 10.1. The van der Waals surface area contributed by atoms with Gasteiger partial charge in [0.1, 0.15) is 17.0 Å². The van der Waals surface area contributed by atoms with E-state index in [4.69, 9.17) is 4.74 Å². The third kappa shape index (κ3) is 2.90. The highest BCUT2D eigenvalue weighted by molar-refractivity contribution is 9.10. The lowest BCUT2D eigenvalue weighted by molar-refractivity contribution is 0.306. The zero-order valence-corrected chi connectivity index (χ0v) is 11.7. The lowest BCUT2D eigenvalue weighted by atomic mass is 10.2. The maximum Gasteiger partial charge on any atom is 0.125 e. The monoisotopic (exact) mass is 314 g/mol. The maximum absolute atomic E-state index is 5.75. The van der Waals surface area contributed by atoms with Gasteiger partial charge in [-0.05, 0) is 33.6 Å². The molecule has 94 valence electrons. The first-order valence-corrected chi connectivity index (χ1v) is 6.69. The summed E-state index contributed by atoms with van der Waals surface area (Å²) in [6.07, 6.45) is 1.68. The summed E-state index contributed by atoms with van der Waals surface area (Å²) in [6, 6.07) is 15.8. The van der Waals surface area contributed by atoms with E-state index in [1.54, 1.807) is 6.20 Å². The van der Waals surface area contributed by atoms with E-state index in [0.29, 0.717) is 6.61 Å². The fourth-order valence-corrected chi connectivity index (χ4v) is 2.09. The molecule has 0 aliphatic carbocycles. The van der Waals surface area contributed by atoms with Gasteiger partial charge >= 0.3 is 0 Å². The van der Waals surface area contributed by atoms with Gasteiger partial charge in [0.05, 0.1) is 17.2 Å². The van der Waals surface area contributed by atoms with E-state index in [2.05, 4.69) is 25.9 Å². The van der Waals surface area contributed by atoms with Crippen LogP contribution in [0.15, 0.2) is 59.3 Å². The van der Waals surface area contributed by atoms with Crippen LogP contribution in [0.3, 0.4) is 0 Å². The maximum atomic E-state index is 5.75. The Kier molecular flexibility index (Phi) is 3.42. The van der Waals surface area contributed by atoms with E-state index in [0.717, 1.165) is 26.9 Å². The second kappa shape index (κ2) is 5.36. The minimum absolute atomic E-state index is 0.552. The summed E-state index contributed by atoms with van der Waals surface area (Å²) < 4.78 is 6.49. The van der Waals surface area contributed by atoms with E-state index in [1.807, 2.05) is 48.5 Å². The molecule has 3 aromatic rings. The predicted octanol–water partition coefficient (Wildman–Crippen LogP) is 3.97. The quantitative estimate of drug-likeness (QED) is 0.733. The Morgan fingerprint density at radius 2 is 1.84 bits per heavy atom. The Labute approximate surface area is 119 Å². The van der Waals surface area contributed by atoms with Crippen molar-refractivity contribution in [2.24, 2.45) is 0 Å². The SMILES string of the molecule is Brc1cnc2cc(OCc3ccccc3)ccc2n1. The highest BCUT2D eigenvalue weighted by atomic mass is 79.9. The van der Waals surface area contributed by atoms with Crippen LogP contribution in [0, 0.1) is 0 Å². The van der Waals surface area contributed by atoms with Gasteiger partial charge in [-0.3, -0.25) is 4.98 Å². The molecule has 0 atom stereocenters. The van der Waals surface area contributed by atoms with Gasteiger partial charge in [0.15, 0.2) is 0 Å². The number of nitrogens with zero attached hydrogens (tertiary/aromatic N) is 2. The average Bonchev–Trinajstić information content (AvgIpc) is 2.46. The first kappa shape index (κ1) is 12.1. The summed E-state index contributed by atoms with van der Waals surface area (Å²) >= 11 is 3.31. The van der Waals surface area contributed by atoms with Crippen LogP contribution in [0.1, 0.15) is 5.56 Å². The molecule has 0 spiro atoms. The summed E-state index contributed by atoms with van der Waals surface area (Å²) in [5.74, 6) is 0.799. The van der Waals surface area contributed by atoms with Crippen molar-refractivity contribution in [2.45, 2.75) is 6.61 Å². The van der Waals surface area contributed by atoms with Crippen LogP contribution < -0.4 is 4.74 Å². The number of aromatic nitrogens is 2. The van der Waals surface area contributed by atoms with Gasteiger partial charge in [-0.15, -0.1) is 0 Å². The molecule has 3 nitrogen and oxygen atoms in total. The molecular weight excluding hydrogens is 304 g/mol. The molecule has 0 aliphatic rings. The van der Waals surface area contributed by atoms with E-state index >= 15 is 0 Å². The molecule has 0 unspecified atom stereocenters. The van der Waals surface area contributed by atoms with E-state index in [1.165, 1.54) is 0 Å². The van der Waals surface area contributed by atoms with Crippen LogP contribution in [0.2, 0.25) is 0 Å². The third-order valence-electron chi connectivity index (χ3n) is 2.73. The van der Waals surface area contributed by atoms with Gasteiger partial charge in [-0.2, -0.15) is 0 Å². The molecule has 1 heterocycles. The van der Waals surface area contributed by atoms with Crippen molar-refractivity contribution in [3.8, 4) is 5.75 Å². The molecule has 0 radical (unpaired) electrons. The van der Waals surface area contributed by atoms with Gasteiger partial charge in [-0.1, -0.05) is 30.3 Å². The highest BCUT2D eigenvalue weighted by Crippen LogP contribution is 2.20. The molecule has 19 heavy (non-hydrogen) atoms. The van der Waals surface area contributed by atoms with Crippen LogP contribution in [-0.2, 0) is 6.61 Å². The van der Waals surface area contributed by atoms with Crippen LogP contribution in [0.25, 0.3) is 11.0 Å². The van der Waals surface area contributed by atoms with Crippen molar-refractivity contribution in [3.05, 3.63) is 64.9 Å². The standard InChI is InChI=1S/C15H11BrN2O/c16-15-9-17-14-8-12(6-7-13(14)18-15)19-10-11-4-2-1-3-5-11/h1-9H,10H2. The molecule has 2 aromatic carbocycles. The first-order chi connectivity index (χ1) is 9.31.